The Balaban J connectivity index is 2.42. The summed E-state index contributed by atoms with van der Waals surface area (Å²) in [4.78, 5) is 18.2. The van der Waals surface area contributed by atoms with E-state index in [1.165, 1.54) is 0 Å². The van der Waals surface area contributed by atoms with Gasteiger partial charge in [-0.2, -0.15) is 0 Å². The predicted molar refractivity (Wildman–Crippen MR) is 62.0 cm³/mol. The van der Waals surface area contributed by atoms with Gasteiger partial charge in [-0.1, -0.05) is 6.92 Å². The average molecular weight is 213 g/mol. The number of hydrogen-bond donors (Lipinski definition) is 0. The van der Waals surface area contributed by atoms with Crippen molar-refractivity contribution in [2.75, 3.05) is 45.8 Å². The lowest BCUT2D eigenvalue weighted by molar-refractivity contribution is 0.117. The Kier molecular flexibility index (Phi) is 4.88. The van der Waals surface area contributed by atoms with Crippen LogP contribution in [0.25, 0.3) is 0 Å². The summed E-state index contributed by atoms with van der Waals surface area (Å²) in [6.07, 6.45) is 0. The van der Waals surface area contributed by atoms with Gasteiger partial charge in [0.25, 0.3) is 0 Å². The third-order valence-electron chi connectivity index (χ3n) is 3.12. The Hall–Kier alpha value is -0.770. The summed E-state index contributed by atoms with van der Waals surface area (Å²) in [6, 6.07) is 0.204. The van der Waals surface area contributed by atoms with E-state index in [1.807, 2.05) is 23.6 Å². The van der Waals surface area contributed by atoms with E-state index in [1.54, 1.807) is 0 Å². The van der Waals surface area contributed by atoms with E-state index < -0.39 is 0 Å². The minimum atomic E-state index is 0.204. The summed E-state index contributed by atoms with van der Waals surface area (Å²) in [5.74, 6) is 0. The molecule has 4 heteroatoms. The molecular formula is C11H23N3O. The average Bonchev–Trinajstić information content (AvgIpc) is 2.30. The van der Waals surface area contributed by atoms with Crippen LogP contribution in [0.4, 0.5) is 4.79 Å². The molecule has 1 aliphatic heterocycles. The van der Waals surface area contributed by atoms with Crippen LogP contribution in [0.2, 0.25) is 0 Å². The number of carbonyl (C=O) groups is 1. The zero-order valence-electron chi connectivity index (χ0n) is 10.2. The molecule has 1 fully saturated rings. The fourth-order valence-electron chi connectivity index (χ4n) is 1.95. The van der Waals surface area contributed by atoms with Crippen LogP contribution in [-0.2, 0) is 0 Å². The number of nitrogens with zero attached hydrogens (tertiary/aromatic N) is 3. The van der Waals surface area contributed by atoms with E-state index >= 15 is 0 Å². The standard InChI is InChI=1S/C11H23N3O/c1-4-12-7-9-14(10-8-12)11(15)13(5-2)6-3/h4-10H2,1-3H3. The van der Waals surface area contributed by atoms with Crippen molar-refractivity contribution in [3.63, 3.8) is 0 Å². The molecule has 2 amide bonds. The molecule has 0 spiro atoms. The maximum atomic E-state index is 12.0. The van der Waals surface area contributed by atoms with Crippen LogP contribution < -0.4 is 0 Å². The quantitative estimate of drug-likeness (QED) is 0.701. The Bertz CT molecular complexity index is 196. The number of likely N-dealkylation sites (N-methyl/N-ethyl adjacent to an activating group) is 1. The van der Waals surface area contributed by atoms with Gasteiger partial charge in [-0.3, -0.25) is 0 Å². The maximum Gasteiger partial charge on any atom is 0.320 e. The van der Waals surface area contributed by atoms with E-state index in [2.05, 4.69) is 11.8 Å². The molecule has 1 saturated heterocycles. The molecule has 0 atom stereocenters. The second kappa shape index (κ2) is 5.95. The molecule has 4 nitrogen and oxygen atoms in total. The Morgan fingerprint density at radius 3 is 2.00 bits per heavy atom. The van der Waals surface area contributed by atoms with Crippen LogP contribution in [-0.4, -0.2) is 66.5 Å². The highest BCUT2D eigenvalue weighted by atomic mass is 16.2. The Morgan fingerprint density at radius 2 is 1.60 bits per heavy atom. The van der Waals surface area contributed by atoms with Crippen molar-refractivity contribution in [1.82, 2.24) is 14.7 Å². The van der Waals surface area contributed by atoms with Crippen LogP contribution in [0.1, 0.15) is 20.8 Å². The summed E-state index contributed by atoms with van der Waals surface area (Å²) in [7, 11) is 0. The summed E-state index contributed by atoms with van der Waals surface area (Å²) >= 11 is 0. The molecule has 15 heavy (non-hydrogen) atoms. The summed E-state index contributed by atoms with van der Waals surface area (Å²) < 4.78 is 0. The van der Waals surface area contributed by atoms with Crippen molar-refractivity contribution >= 4 is 6.03 Å². The van der Waals surface area contributed by atoms with Crippen molar-refractivity contribution < 1.29 is 4.79 Å². The van der Waals surface area contributed by atoms with Crippen LogP contribution in [0.15, 0.2) is 0 Å². The zero-order chi connectivity index (χ0) is 11.3. The van der Waals surface area contributed by atoms with E-state index in [4.69, 9.17) is 0 Å². The van der Waals surface area contributed by atoms with Crippen LogP contribution in [0.3, 0.4) is 0 Å². The first kappa shape index (κ1) is 12.3. The number of rotatable bonds is 3. The summed E-state index contributed by atoms with van der Waals surface area (Å²) in [5.41, 5.74) is 0. The molecule has 0 N–H and O–H groups in total. The highest BCUT2D eigenvalue weighted by molar-refractivity contribution is 5.74. The molecule has 0 aromatic rings. The normalized spacial score (nSPS) is 17.9. The monoisotopic (exact) mass is 213 g/mol. The molecular weight excluding hydrogens is 190 g/mol. The fourth-order valence-corrected chi connectivity index (χ4v) is 1.95. The zero-order valence-corrected chi connectivity index (χ0v) is 10.2. The third-order valence-corrected chi connectivity index (χ3v) is 3.12. The van der Waals surface area contributed by atoms with Gasteiger partial charge in [0.1, 0.15) is 0 Å². The van der Waals surface area contributed by atoms with Gasteiger partial charge in [0.05, 0.1) is 0 Å². The fraction of sp³-hybridized carbons (Fsp3) is 0.909. The van der Waals surface area contributed by atoms with Gasteiger partial charge < -0.3 is 14.7 Å². The first-order chi connectivity index (χ1) is 7.22. The summed E-state index contributed by atoms with van der Waals surface area (Å²) in [5, 5.41) is 0. The number of piperazine rings is 1. The van der Waals surface area contributed by atoms with Crippen molar-refractivity contribution in [2.45, 2.75) is 20.8 Å². The molecule has 0 aliphatic carbocycles. The lowest BCUT2D eigenvalue weighted by Gasteiger charge is -2.36. The second-order valence-electron chi connectivity index (χ2n) is 3.88. The van der Waals surface area contributed by atoms with Gasteiger partial charge in [0.15, 0.2) is 0 Å². The van der Waals surface area contributed by atoms with Gasteiger partial charge >= 0.3 is 6.03 Å². The summed E-state index contributed by atoms with van der Waals surface area (Å²) in [6.45, 7) is 12.7. The molecule has 0 aromatic heterocycles. The molecule has 0 unspecified atom stereocenters. The van der Waals surface area contributed by atoms with E-state index in [0.29, 0.717) is 0 Å². The van der Waals surface area contributed by atoms with E-state index in [0.717, 1.165) is 45.8 Å². The first-order valence-corrected chi connectivity index (χ1v) is 5.99. The first-order valence-electron chi connectivity index (χ1n) is 5.99. The molecule has 88 valence electrons. The largest absolute Gasteiger partial charge is 0.325 e. The highest BCUT2D eigenvalue weighted by Crippen LogP contribution is 2.05. The molecule has 0 aromatic carbocycles. The lowest BCUT2D eigenvalue weighted by Crippen LogP contribution is -2.52. The highest BCUT2D eigenvalue weighted by Gasteiger charge is 2.22. The number of urea groups is 1. The van der Waals surface area contributed by atoms with Crippen molar-refractivity contribution in [1.29, 1.82) is 0 Å². The van der Waals surface area contributed by atoms with E-state index in [-0.39, 0.29) is 6.03 Å². The molecule has 0 bridgehead atoms. The molecule has 1 aliphatic rings. The van der Waals surface area contributed by atoms with Crippen LogP contribution >= 0.6 is 0 Å². The van der Waals surface area contributed by atoms with Gasteiger partial charge in [0, 0.05) is 39.3 Å². The van der Waals surface area contributed by atoms with Gasteiger partial charge in [-0.15, -0.1) is 0 Å². The van der Waals surface area contributed by atoms with Gasteiger partial charge in [0.2, 0.25) is 0 Å². The molecule has 0 radical (unpaired) electrons. The Labute approximate surface area is 92.8 Å². The van der Waals surface area contributed by atoms with Crippen LogP contribution in [0.5, 0.6) is 0 Å². The third kappa shape index (κ3) is 3.09. The lowest BCUT2D eigenvalue weighted by atomic mass is 10.3. The van der Waals surface area contributed by atoms with Gasteiger partial charge in [-0.05, 0) is 20.4 Å². The Morgan fingerprint density at radius 1 is 1.07 bits per heavy atom. The predicted octanol–water partition coefficient (Wildman–Crippen LogP) is 1.09. The smallest absolute Gasteiger partial charge is 0.320 e. The SMILES string of the molecule is CCN1CCN(C(=O)N(CC)CC)CC1. The number of carbonyl (C=O) groups excluding carboxylic acids is 1. The maximum absolute atomic E-state index is 12.0. The minimum absolute atomic E-state index is 0.204. The molecule has 1 heterocycles. The van der Waals surface area contributed by atoms with Crippen molar-refractivity contribution in [3.8, 4) is 0 Å². The van der Waals surface area contributed by atoms with Gasteiger partial charge in [-0.25, -0.2) is 4.79 Å². The minimum Gasteiger partial charge on any atom is -0.325 e. The van der Waals surface area contributed by atoms with Crippen molar-refractivity contribution in [3.05, 3.63) is 0 Å². The number of hydrogen-bond acceptors (Lipinski definition) is 2. The van der Waals surface area contributed by atoms with Crippen molar-refractivity contribution in [2.24, 2.45) is 0 Å². The molecule has 0 saturated carbocycles. The van der Waals surface area contributed by atoms with Crippen LogP contribution in [0, 0.1) is 0 Å². The van der Waals surface area contributed by atoms with E-state index in [9.17, 15) is 4.79 Å². The molecule has 1 rings (SSSR count). The topological polar surface area (TPSA) is 26.8 Å². The second-order valence-corrected chi connectivity index (χ2v) is 3.88. The number of amides is 2.